The lowest BCUT2D eigenvalue weighted by Crippen LogP contribution is -2.31. The van der Waals surface area contributed by atoms with Gasteiger partial charge in [-0.3, -0.25) is 9.89 Å². The second-order valence-electron chi connectivity index (χ2n) is 5.55. The SMILES string of the molecule is Cc1ccc(N(C(N)=O)c2ccc(Cl)c(NC3=NCCN3)c2)cc1Cl. The Labute approximate surface area is 155 Å². The number of benzene rings is 2. The number of carbonyl (C=O) groups is 1. The number of primary amides is 1. The fourth-order valence-corrected chi connectivity index (χ4v) is 2.82. The lowest BCUT2D eigenvalue weighted by molar-refractivity contribution is 0.256. The lowest BCUT2D eigenvalue weighted by atomic mass is 10.2. The van der Waals surface area contributed by atoms with Gasteiger partial charge in [0.2, 0.25) is 0 Å². The predicted octanol–water partition coefficient (Wildman–Crippen LogP) is 3.89. The molecule has 1 aliphatic heterocycles. The lowest BCUT2D eigenvalue weighted by Gasteiger charge is -2.22. The van der Waals surface area contributed by atoms with E-state index in [0.29, 0.717) is 39.6 Å². The van der Waals surface area contributed by atoms with Crippen LogP contribution in [0.15, 0.2) is 41.4 Å². The van der Waals surface area contributed by atoms with Crippen LogP contribution in [0.4, 0.5) is 21.9 Å². The van der Waals surface area contributed by atoms with Gasteiger partial charge in [0.05, 0.1) is 28.6 Å². The molecule has 0 fully saturated rings. The minimum Gasteiger partial charge on any atom is -0.354 e. The molecule has 8 heteroatoms. The maximum atomic E-state index is 12.1. The van der Waals surface area contributed by atoms with E-state index in [9.17, 15) is 4.79 Å². The van der Waals surface area contributed by atoms with Crippen LogP contribution in [0, 0.1) is 6.92 Å². The van der Waals surface area contributed by atoms with Crippen molar-refractivity contribution >= 4 is 52.3 Å². The number of carbonyl (C=O) groups excluding carboxylic acids is 1. The number of aliphatic imine (C=N–C) groups is 1. The van der Waals surface area contributed by atoms with E-state index < -0.39 is 6.03 Å². The molecule has 4 N–H and O–H groups in total. The van der Waals surface area contributed by atoms with Gasteiger partial charge in [0, 0.05) is 11.6 Å². The van der Waals surface area contributed by atoms with Crippen LogP contribution in [0.3, 0.4) is 0 Å². The molecule has 0 aliphatic carbocycles. The molecule has 1 aliphatic rings. The molecule has 3 rings (SSSR count). The minimum absolute atomic E-state index is 0.506. The second-order valence-corrected chi connectivity index (χ2v) is 6.37. The molecule has 2 aromatic rings. The van der Waals surface area contributed by atoms with Gasteiger partial charge in [0.15, 0.2) is 5.96 Å². The van der Waals surface area contributed by atoms with E-state index in [1.54, 1.807) is 30.3 Å². The van der Waals surface area contributed by atoms with Crippen LogP contribution in [-0.2, 0) is 0 Å². The van der Waals surface area contributed by atoms with Crippen molar-refractivity contribution in [2.24, 2.45) is 10.7 Å². The summed E-state index contributed by atoms with van der Waals surface area (Å²) in [6, 6.07) is 9.85. The van der Waals surface area contributed by atoms with E-state index in [0.717, 1.165) is 12.1 Å². The van der Waals surface area contributed by atoms with Crippen molar-refractivity contribution in [1.82, 2.24) is 5.32 Å². The number of guanidine groups is 1. The van der Waals surface area contributed by atoms with Gasteiger partial charge in [0.1, 0.15) is 0 Å². The van der Waals surface area contributed by atoms with Crippen molar-refractivity contribution < 1.29 is 4.79 Å². The Bertz CT molecular complexity index is 853. The van der Waals surface area contributed by atoms with Crippen LogP contribution in [0.25, 0.3) is 0 Å². The number of rotatable bonds is 3. The Hall–Kier alpha value is -2.44. The maximum Gasteiger partial charge on any atom is 0.323 e. The average Bonchev–Trinajstić information content (AvgIpc) is 3.07. The van der Waals surface area contributed by atoms with E-state index in [2.05, 4.69) is 15.6 Å². The molecule has 1 heterocycles. The number of aryl methyl sites for hydroxylation is 1. The van der Waals surface area contributed by atoms with Crippen molar-refractivity contribution in [2.45, 2.75) is 6.92 Å². The highest BCUT2D eigenvalue weighted by atomic mass is 35.5. The zero-order valence-electron chi connectivity index (χ0n) is 13.5. The van der Waals surface area contributed by atoms with Crippen molar-refractivity contribution in [2.75, 3.05) is 23.3 Å². The minimum atomic E-state index is -0.621. The normalized spacial score (nSPS) is 13.2. The largest absolute Gasteiger partial charge is 0.354 e. The third kappa shape index (κ3) is 3.81. The number of hydrogen-bond acceptors (Lipinski definition) is 4. The van der Waals surface area contributed by atoms with Crippen LogP contribution in [0.5, 0.6) is 0 Å². The molecule has 2 amide bonds. The van der Waals surface area contributed by atoms with Gasteiger partial charge >= 0.3 is 6.03 Å². The average molecular weight is 378 g/mol. The Morgan fingerprint density at radius 1 is 1.20 bits per heavy atom. The van der Waals surface area contributed by atoms with E-state index in [-0.39, 0.29) is 0 Å². The molecule has 2 aromatic carbocycles. The summed E-state index contributed by atoms with van der Waals surface area (Å²) >= 11 is 12.4. The fourth-order valence-electron chi connectivity index (χ4n) is 2.48. The number of halogens is 2. The summed E-state index contributed by atoms with van der Waals surface area (Å²) < 4.78 is 0. The zero-order chi connectivity index (χ0) is 18.0. The predicted molar refractivity (Wildman–Crippen MR) is 103 cm³/mol. The number of nitrogens with two attached hydrogens (primary N) is 1. The van der Waals surface area contributed by atoms with Crippen molar-refractivity contribution in [1.29, 1.82) is 0 Å². The highest BCUT2D eigenvalue weighted by Crippen LogP contribution is 2.33. The van der Waals surface area contributed by atoms with Gasteiger partial charge in [-0.05, 0) is 42.8 Å². The number of amides is 2. The quantitative estimate of drug-likeness (QED) is 0.758. The van der Waals surface area contributed by atoms with E-state index in [1.165, 1.54) is 4.90 Å². The van der Waals surface area contributed by atoms with E-state index in [4.69, 9.17) is 28.9 Å². The Balaban J connectivity index is 1.98. The first-order valence-electron chi connectivity index (χ1n) is 7.66. The topological polar surface area (TPSA) is 82.8 Å². The number of anilines is 3. The Morgan fingerprint density at radius 2 is 1.92 bits per heavy atom. The number of hydrogen-bond donors (Lipinski definition) is 3. The summed E-state index contributed by atoms with van der Waals surface area (Å²) in [5, 5.41) is 7.29. The molecular formula is C17H17Cl2N5O. The molecule has 0 atom stereocenters. The van der Waals surface area contributed by atoms with Gasteiger partial charge in [-0.2, -0.15) is 0 Å². The number of nitrogens with one attached hydrogen (secondary N) is 2. The van der Waals surface area contributed by atoms with Gasteiger partial charge in [-0.1, -0.05) is 29.3 Å². The summed E-state index contributed by atoms with van der Waals surface area (Å²) in [7, 11) is 0. The Kier molecular flexibility index (Phi) is 5.01. The zero-order valence-corrected chi connectivity index (χ0v) is 15.0. The first-order valence-corrected chi connectivity index (χ1v) is 8.42. The molecule has 0 saturated heterocycles. The molecule has 0 spiro atoms. The van der Waals surface area contributed by atoms with Crippen molar-refractivity contribution in [3.63, 3.8) is 0 Å². The molecule has 0 aromatic heterocycles. The Morgan fingerprint density at radius 3 is 2.56 bits per heavy atom. The first-order chi connectivity index (χ1) is 12.0. The molecule has 6 nitrogen and oxygen atoms in total. The first kappa shape index (κ1) is 17.4. The third-order valence-electron chi connectivity index (χ3n) is 3.77. The smallest absolute Gasteiger partial charge is 0.323 e. The summed E-state index contributed by atoms with van der Waals surface area (Å²) in [6.45, 7) is 3.37. The van der Waals surface area contributed by atoms with Crippen LogP contribution in [-0.4, -0.2) is 25.1 Å². The highest BCUT2D eigenvalue weighted by Gasteiger charge is 2.18. The molecule has 0 bridgehead atoms. The maximum absolute atomic E-state index is 12.1. The standard InChI is InChI=1S/C17H17Cl2N5O/c1-10-2-3-11(8-14(10)19)24(16(20)25)12-4-5-13(18)15(9-12)23-17-21-6-7-22-17/h2-5,8-9H,6-7H2,1H3,(H2,20,25)(H2,21,22,23). The van der Waals surface area contributed by atoms with Crippen LogP contribution in [0.1, 0.15) is 5.56 Å². The molecule has 130 valence electrons. The van der Waals surface area contributed by atoms with E-state index in [1.807, 2.05) is 13.0 Å². The van der Waals surface area contributed by atoms with Gasteiger partial charge in [0.25, 0.3) is 0 Å². The van der Waals surface area contributed by atoms with Gasteiger partial charge in [-0.15, -0.1) is 0 Å². The summed E-state index contributed by atoms with van der Waals surface area (Å²) in [4.78, 5) is 17.7. The second kappa shape index (κ2) is 7.21. The molecule has 25 heavy (non-hydrogen) atoms. The summed E-state index contributed by atoms with van der Waals surface area (Å²) in [6.07, 6.45) is 0. The van der Waals surface area contributed by atoms with Crippen LogP contribution in [0.2, 0.25) is 10.0 Å². The van der Waals surface area contributed by atoms with Crippen molar-refractivity contribution in [3.8, 4) is 0 Å². The summed E-state index contributed by atoms with van der Waals surface area (Å²) in [5.74, 6) is 0.642. The van der Waals surface area contributed by atoms with Crippen LogP contribution >= 0.6 is 23.2 Å². The fraction of sp³-hybridized carbons (Fsp3) is 0.176. The highest BCUT2D eigenvalue weighted by molar-refractivity contribution is 6.34. The number of nitrogens with zero attached hydrogens (tertiary/aromatic N) is 2. The van der Waals surface area contributed by atoms with Gasteiger partial charge in [-0.25, -0.2) is 4.79 Å². The number of urea groups is 1. The summed E-state index contributed by atoms with van der Waals surface area (Å²) in [5.41, 5.74) is 8.28. The van der Waals surface area contributed by atoms with Gasteiger partial charge < -0.3 is 16.4 Å². The monoisotopic (exact) mass is 377 g/mol. The molecular weight excluding hydrogens is 361 g/mol. The molecule has 0 saturated carbocycles. The van der Waals surface area contributed by atoms with E-state index >= 15 is 0 Å². The third-order valence-corrected chi connectivity index (χ3v) is 4.51. The molecule has 0 radical (unpaired) electrons. The van der Waals surface area contributed by atoms with Crippen LogP contribution < -0.4 is 21.3 Å². The molecule has 0 unspecified atom stereocenters. The van der Waals surface area contributed by atoms with Crippen molar-refractivity contribution in [3.05, 3.63) is 52.0 Å².